The van der Waals surface area contributed by atoms with E-state index < -0.39 is 0 Å². The van der Waals surface area contributed by atoms with Crippen molar-refractivity contribution < 1.29 is 9.21 Å². The summed E-state index contributed by atoms with van der Waals surface area (Å²) >= 11 is 0. The summed E-state index contributed by atoms with van der Waals surface area (Å²) in [6.07, 6.45) is 3.29. The maximum Gasteiger partial charge on any atom is 0.268 e. The topological polar surface area (TPSA) is 47.2 Å². The Labute approximate surface area is 125 Å². The molecule has 0 unspecified atom stereocenters. The van der Waals surface area contributed by atoms with Gasteiger partial charge in [0.1, 0.15) is 11.5 Å². The van der Waals surface area contributed by atoms with Gasteiger partial charge in [0.25, 0.3) is 5.91 Å². The Morgan fingerprint density at radius 2 is 2.14 bits per heavy atom. The average Bonchev–Trinajstić information content (AvgIpc) is 2.92. The van der Waals surface area contributed by atoms with Gasteiger partial charge in [-0.3, -0.25) is 4.79 Å². The second-order valence-electron chi connectivity index (χ2n) is 5.64. The van der Waals surface area contributed by atoms with Gasteiger partial charge in [-0.05, 0) is 20.3 Å². The van der Waals surface area contributed by atoms with Crippen molar-refractivity contribution in [3.63, 3.8) is 0 Å². The summed E-state index contributed by atoms with van der Waals surface area (Å²) in [5.41, 5.74) is 3.36. The molecule has 4 heteroatoms. The quantitative estimate of drug-likeness (QED) is 0.617. The number of nitrogens with one attached hydrogen (secondary N) is 1. The molecule has 1 N–H and O–H groups in total. The maximum atomic E-state index is 12.4. The summed E-state index contributed by atoms with van der Waals surface area (Å²) in [6, 6.07) is 3.78. The number of allylic oxidation sites excluding steroid dienone is 1. The molecule has 0 aromatic carbocycles. The van der Waals surface area contributed by atoms with Crippen LogP contribution in [0.2, 0.25) is 0 Å². The molecule has 4 nitrogen and oxygen atoms in total. The summed E-state index contributed by atoms with van der Waals surface area (Å²) in [7, 11) is 0. The fourth-order valence-corrected chi connectivity index (χ4v) is 2.46. The Balaban J connectivity index is 2.23. The summed E-state index contributed by atoms with van der Waals surface area (Å²) in [4.78, 5) is 12.4. The standard InChI is InChI=1S/C17H24N2O2/c1-5-6-7-8-18-17(20)15-10-16-14(9-13(4)21-16)19(15)11-12(2)3/h9-10H,2,5-8,11H2,1,3-4H3,(H,18,20). The second kappa shape index (κ2) is 6.66. The predicted molar refractivity (Wildman–Crippen MR) is 85.6 cm³/mol. The normalized spacial score (nSPS) is 11.0. The van der Waals surface area contributed by atoms with Crippen LogP contribution in [0.5, 0.6) is 0 Å². The van der Waals surface area contributed by atoms with Crippen molar-refractivity contribution in [2.75, 3.05) is 6.54 Å². The molecule has 2 aromatic rings. The van der Waals surface area contributed by atoms with Gasteiger partial charge in [0.05, 0.1) is 5.52 Å². The van der Waals surface area contributed by atoms with Crippen LogP contribution in [0.25, 0.3) is 11.1 Å². The average molecular weight is 288 g/mol. The smallest absolute Gasteiger partial charge is 0.268 e. The number of amides is 1. The minimum atomic E-state index is -0.0450. The van der Waals surface area contributed by atoms with Crippen molar-refractivity contribution >= 4 is 17.0 Å². The van der Waals surface area contributed by atoms with Crippen LogP contribution in [0, 0.1) is 6.92 Å². The second-order valence-corrected chi connectivity index (χ2v) is 5.64. The molecule has 0 aliphatic heterocycles. The number of hydrogen-bond donors (Lipinski definition) is 1. The van der Waals surface area contributed by atoms with Crippen molar-refractivity contribution in [2.45, 2.75) is 46.6 Å². The number of aryl methyl sites for hydroxylation is 1. The first-order chi connectivity index (χ1) is 10.0. The van der Waals surface area contributed by atoms with Gasteiger partial charge in [0.2, 0.25) is 0 Å². The number of aromatic nitrogens is 1. The fraction of sp³-hybridized carbons (Fsp3) is 0.471. The van der Waals surface area contributed by atoms with E-state index in [0.29, 0.717) is 18.8 Å². The van der Waals surface area contributed by atoms with Crippen LogP contribution in [-0.4, -0.2) is 17.0 Å². The molecule has 1 amide bonds. The molecule has 0 spiro atoms. The summed E-state index contributed by atoms with van der Waals surface area (Å²) < 4.78 is 7.61. The Hall–Kier alpha value is -1.97. The Kier molecular flexibility index (Phi) is 4.89. The molecule has 0 fully saturated rings. The highest BCUT2D eigenvalue weighted by molar-refractivity contribution is 5.97. The number of unbranched alkanes of at least 4 members (excludes halogenated alkanes) is 2. The lowest BCUT2D eigenvalue weighted by molar-refractivity contribution is 0.0944. The number of carbonyl (C=O) groups is 1. The lowest BCUT2D eigenvalue weighted by Crippen LogP contribution is -2.27. The van der Waals surface area contributed by atoms with E-state index >= 15 is 0 Å². The first-order valence-electron chi connectivity index (χ1n) is 7.55. The van der Waals surface area contributed by atoms with Crippen LogP contribution in [-0.2, 0) is 6.54 Å². The van der Waals surface area contributed by atoms with E-state index in [2.05, 4.69) is 18.8 Å². The highest BCUT2D eigenvalue weighted by atomic mass is 16.3. The van der Waals surface area contributed by atoms with E-state index in [1.807, 2.05) is 30.5 Å². The highest BCUT2D eigenvalue weighted by Gasteiger charge is 2.18. The zero-order chi connectivity index (χ0) is 15.4. The number of nitrogens with zero attached hydrogens (tertiary/aromatic N) is 1. The Morgan fingerprint density at radius 1 is 1.38 bits per heavy atom. The molecule has 0 saturated carbocycles. The first kappa shape index (κ1) is 15.4. The molecule has 0 aliphatic carbocycles. The summed E-state index contributed by atoms with van der Waals surface area (Å²) in [6.45, 7) is 11.3. The Morgan fingerprint density at radius 3 is 2.81 bits per heavy atom. The Bertz CT molecular complexity index is 649. The van der Waals surface area contributed by atoms with E-state index in [-0.39, 0.29) is 5.91 Å². The molecule has 0 radical (unpaired) electrons. The number of hydrogen-bond acceptors (Lipinski definition) is 2. The van der Waals surface area contributed by atoms with Crippen molar-refractivity contribution in [1.29, 1.82) is 0 Å². The van der Waals surface area contributed by atoms with Crippen molar-refractivity contribution in [1.82, 2.24) is 9.88 Å². The third kappa shape index (κ3) is 3.57. The molecule has 0 bridgehead atoms. The van der Waals surface area contributed by atoms with Crippen molar-refractivity contribution in [3.8, 4) is 0 Å². The largest absolute Gasteiger partial charge is 0.460 e. The molecule has 2 heterocycles. The van der Waals surface area contributed by atoms with Crippen LogP contribution in [0.1, 0.15) is 49.4 Å². The lowest BCUT2D eigenvalue weighted by Gasteiger charge is -2.10. The van der Waals surface area contributed by atoms with Gasteiger partial charge in [0.15, 0.2) is 5.58 Å². The third-order valence-corrected chi connectivity index (χ3v) is 3.44. The SMILES string of the molecule is C=C(C)Cn1c(C(=O)NCCCCC)cc2oc(C)cc21. The zero-order valence-electron chi connectivity index (χ0n) is 13.2. The van der Waals surface area contributed by atoms with Gasteiger partial charge >= 0.3 is 0 Å². The summed E-state index contributed by atoms with van der Waals surface area (Å²) in [5, 5.41) is 2.98. The van der Waals surface area contributed by atoms with E-state index in [1.54, 1.807) is 0 Å². The molecule has 114 valence electrons. The van der Waals surface area contributed by atoms with Crippen molar-refractivity contribution in [2.24, 2.45) is 0 Å². The van der Waals surface area contributed by atoms with Gasteiger partial charge in [-0.25, -0.2) is 0 Å². The van der Waals surface area contributed by atoms with E-state index in [4.69, 9.17) is 4.42 Å². The van der Waals surface area contributed by atoms with Crippen LogP contribution >= 0.6 is 0 Å². The van der Waals surface area contributed by atoms with E-state index in [9.17, 15) is 4.79 Å². The van der Waals surface area contributed by atoms with E-state index in [0.717, 1.165) is 41.7 Å². The predicted octanol–water partition coefficient (Wildman–Crippen LogP) is 4.04. The molecule has 0 atom stereocenters. The molecule has 2 aromatic heterocycles. The van der Waals surface area contributed by atoms with E-state index in [1.165, 1.54) is 0 Å². The minimum absolute atomic E-state index is 0.0450. The van der Waals surface area contributed by atoms with Crippen LogP contribution in [0.15, 0.2) is 28.7 Å². The van der Waals surface area contributed by atoms with Crippen LogP contribution < -0.4 is 5.32 Å². The monoisotopic (exact) mass is 288 g/mol. The third-order valence-electron chi connectivity index (χ3n) is 3.44. The summed E-state index contributed by atoms with van der Waals surface area (Å²) in [5.74, 6) is 0.807. The number of furan rings is 1. The number of rotatable bonds is 7. The van der Waals surface area contributed by atoms with Gasteiger partial charge in [-0.2, -0.15) is 0 Å². The van der Waals surface area contributed by atoms with Gasteiger partial charge in [-0.15, -0.1) is 0 Å². The van der Waals surface area contributed by atoms with Gasteiger partial charge < -0.3 is 14.3 Å². The van der Waals surface area contributed by atoms with Crippen LogP contribution in [0.4, 0.5) is 0 Å². The molecule has 0 aliphatic rings. The number of carbonyl (C=O) groups excluding carboxylic acids is 1. The zero-order valence-corrected chi connectivity index (χ0v) is 13.2. The van der Waals surface area contributed by atoms with Crippen LogP contribution in [0.3, 0.4) is 0 Å². The molecule has 0 saturated heterocycles. The van der Waals surface area contributed by atoms with Crippen molar-refractivity contribution in [3.05, 3.63) is 35.7 Å². The fourth-order valence-electron chi connectivity index (χ4n) is 2.46. The molecule has 2 rings (SSSR count). The minimum Gasteiger partial charge on any atom is -0.460 e. The highest BCUT2D eigenvalue weighted by Crippen LogP contribution is 2.24. The first-order valence-corrected chi connectivity index (χ1v) is 7.55. The molecular formula is C17H24N2O2. The molecule has 21 heavy (non-hydrogen) atoms. The van der Waals surface area contributed by atoms with Gasteiger partial charge in [0, 0.05) is 25.2 Å². The van der Waals surface area contributed by atoms with Gasteiger partial charge in [-0.1, -0.05) is 31.9 Å². The molecular weight excluding hydrogens is 264 g/mol. The number of fused-ring (bicyclic) bond motifs is 1. The lowest BCUT2D eigenvalue weighted by atomic mass is 10.2. The maximum absolute atomic E-state index is 12.4.